The second kappa shape index (κ2) is 5.79. The Balaban J connectivity index is 1.59. The molecule has 1 aromatic heterocycles. The maximum Gasteiger partial charge on any atom is 0.224 e. The number of anilines is 1. The van der Waals surface area contributed by atoms with Crippen LogP contribution in [0.1, 0.15) is 17.5 Å². The second-order valence-electron chi connectivity index (χ2n) is 5.07. The smallest absolute Gasteiger partial charge is 0.224 e. The molecule has 0 aliphatic heterocycles. The molecule has 2 aromatic carbocycles. The normalized spacial score (nSPS) is 10.7. The fourth-order valence-electron chi connectivity index (χ4n) is 2.17. The van der Waals surface area contributed by atoms with Crippen molar-refractivity contribution in [1.29, 1.82) is 0 Å². The number of aromatic nitrogens is 1. The number of carbonyl (C=O) groups is 1. The van der Waals surface area contributed by atoms with E-state index in [9.17, 15) is 4.79 Å². The average molecular weight is 280 g/mol. The van der Waals surface area contributed by atoms with E-state index in [2.05, 4.69) is 41.5 Å². The van der Waals surface area contributed by atoms with Crippen LogP contribution in [-0.2, 0) is 11.2 Å². The van der Waals surface area contributed by atoms with Crippen LogP contribution in [0.25, 0.3) is 11.1 Å². The van der Waals surface area contributed by atoms with Gasteiger partial charge in [-0.2, -0.15) is 0 Å². The highest BCUT2D eigenvalue weighted by atomic mass is 16.3. The van der Waals surface area contributed by atoms with Gasteiger partial charge in [-0.1, -0.05) is 29.8 Å². The quantitative estimate of drug-likeness (QED) is 0.792. The monoisotopic (exact) mass is 280 g/mol. The van der Waals surface area contributed by atoms with Crippen LogP contribution in [0.15, 0.2) is 53.3 Å². The molecule has 21 heavy (non-hydrogen) atoms. The Labute approximate surface area is 122 Å². The molecule has 1 N–H and O–H groups in total. The van der Waals surface area contributed by atoms with Gasteiger partial charge in [-0.3, -0.25) is 4.79 Å². The first-order valence-corrected chi connectivity index (χ1v) is 6.89. The molecule has 0 saturated carbocycles. The Morgan fingerprint density at radius 1 is 1.19 bits per heavy atom. The van der Waals surface area contributed by atoms with E-state index >= 15 is 0 Å². The zero-order valence-corrected chi connectivity index (χ0v) is 11.8. The molecule has 0 spiro atoms. The van der Waals surface area contributed by atoms with Gasteiger partial charge in [0.05, 0.1) is 0 Å². The number of amides is 1. The SMILES string of the molecule is Cc1ccc(CCC(=O)Nc2ccc3ocnc3c2)cc1. The van der Waals surface area contributed by atoms with E-state index in [1.807, 2.05) is 12.1 Å². The Morgan fingerprint density at radius 3 is 2.81 bits per heavy atom. The first-order chi connectivity index (χ1) is 10.2. The van der Waals surface area contributed by atoms with Crippen molar-refractivity contribution in [1.82, 2.24) is 4.98 Å². The van der Waals surface area contributed by atoms with Crippen LogP contribution in [0.2, 0.25) is 0 Å². The van der Waals surface area contributed by atoms with E-state index in [0.717, 1.165) is 17.6 Å². The van der Waals surface area contributed by atoms with Gasteiger partial charge < -0.3 is 9.73 Å². The van der Waals surface area contributed by atoms with Crippen molar-refractivity contribution in [2.45, 2.75) is 19.8 Å². The topological polar surface area (TPSA) is 55.1 Å². The first kappa shape index (κ1) is 13.4. The fourth-order valence-corrected chi connectivity index (χ4v) is 2.17. The molecular formula is C17H16N2O2. The van der Waals surface area contributed by atoms with Crippen LogP contribution in [0.5, 0.6) is 0 Å². The van der Waals surface area contributed by atoms with Crippen molar-refractivity contribution in [3.63, 3.8) is 0 Å². The largest absolute Gasteiger partial charge is 0.443 e. The minimum absolute atomic E-state index is 0.00146. The number of carbonyl (C=O) groups excluding carboxylic acids is 1. The molecule has 0 aliphatic rings. The highest BCUT2D eigenvalue weighted by molar-refractivity contribution is 5.92. The van der Waals surface area contributed by atoms with Crippen LogP contribution in [0.3, 0.4) is 0 Å². The summed E-state index contributed by atoms with van der Waals surface area (Å²) in [6.45, 7) is 2.05. The summed E-state index contributed by atoms with van der Waals surface area (Å²) in [6.07, 6.45) is 2.59. The summed E-state index contributed by atoms with van der Waals surface area (Å²) in [5.74, 6) is -0.00146. The number of nitrogens with zero attached hydrogens (tertiary/aromatic N) is 1. The van der Waals surface area contributed by atoms with Crippen LogP contribution in [0.4, 0.5) is 5.69 Å². The number of rotatable bonds is 4. The molecule has 1 heterocycles. The Morgan fingerprint density at radius 2 is 2.00 bits per heavy atom. The lowest BCUT2D eigenvalue weighted by molar-refractivity contribution is -0.116. The van der Waals surface area contributed by atoms with Gasteiger partial charge in [0.15, 0.2) is 12.0 Å². The number of hydrogen-bond acceptors (Lipinski definition) is 3. The van der Waals surface area contributed by atoms with Gasteiger partial charge in [0.25, 0.3) is 0 Å². The Bertz CT molecular complexity index is 760. The minimum Gasteiger partial charge on any atom is -0.443 e. The predicted molar refractivity (Wildman–Crippen MR) is 82.1 cm³/mol. The Hall–Kier alpha value is -2.62. The molecule has 106 valence electrons. The Kier molecular flexibility index (Phi) is 3.69. The molecule has 0 fully saturated rings. The third-order valence-electron chi connectivity index (χ3n) is 3.38. The molecule has 3 rings (SSSR count). The maximum absolute atomic E-state index is 12.0. The zero-order valence-electron chi connectivity index (χ0n) is 11.8. The van der Waals surface area contributed by atoms with Crippen molar-refractivity contribution in [3.05, 3.63) is 60.0 Å². The van der Waals surface area contributed by atoms with Gasteiger partial charge in [0.2, 0.25) is 5.91 Å². The lowest BCUT2D eigenvalue weighted by atomic mass is 10.1. The number of hydrogen-bond donors (Lipinski definition) is 1. The summed E-state index contributed by atoms with van der Waals surface area (Å²) in [6, 6.07) is 13.7. The molecule has 4 heteroatoms. The third-order valence-corrected chi connectivity index (χ3v) is 3.38. The van der Waals surface area contributed by atoms with E-state index in [0.29, 0.717) is 12.0 Å². The molecule has 0 aliphatic carbocycles. The predicted octanol–water partition coefficient (Wildman–Crippen LogP) is 3.71. The molecule has 0 unspecified atom stereocenters. The van der Waals surface area contributed by atoms with Gasteiger partial charge in [-0.05, 0) is 37.1 Å². The van der Waals surface area contributed by atoms with Crippen molar-refractivity contribution in [3.8, 4) is 0 Å². The van der Waals surface area contributed by atoms with Crippen molar-refractivity contribution < 1.29 is 9.21 Å². The molecule has 4 nitrogen and oxygen atoms in total. The maximum atomic E-state index is 12.0. The van der Waals surface area contributed by atoms with Crippen LogP contribution in [0, 0.1) is 6.92 Å². The summed E-state index contributed by atoms with van der Waals surface area (Å²) < 4.78 is 5.17. The molecule has 0 atom stereocenters. The summed E-state index contributed by atoms with van der Waals surface area (Å²) in [4.78, 5) is 16.0. The summed E-state index contributed by atoms with van der Waals surface area (Å²) in [5, 5.41) is 2.88. The molecule has 0 saturated heterocycles. The number of aryl methyl sites for hydroxylation is 2. The van der Waals surface area contributed by atoms with E-state index in [4.69, 9.17) is 4.42 Å². The van der Waals surface area contributed by atoms with Crippen LogP contribution in [-0.4, -0.2) is 10.9 Å². The number of oxazole rings is 1. The van der Waals surface area contributed by atoms with Crippen LogP contribution >= 0.6 is 0 Å². The zero-order chi connectivity index (χ0) is 14.7. The van der Waals surface area contributed by atoms with Crippen molar-refractivity contribution in [2.75, 3.05) is 5.32 Å². The minimum atomic E-state index is -0.00146. The van der Waals surface area contributed by atoms with E-state index < -0.39 is 0 Å². The highest BCUT2D eigenvalue weighted by Gasteiger charge is 2.05. The summed E-state index contributed by atoms with van der Waals surface area (Å²) in [7, 11) is 0. The summed E-state index contributed by atoms with van der Waals surface area (Å²) in [5.41, 5.74) is 4.59. The van der Waals surface area contributed by atoms with Gasteiger partial charge >= 0.3 is 0 Å². The van der Waals surface area contributed by atoms with E-state index in [-0.39, 0.29) is 5.91 Å². The van der Waals surface area contributed by atoms with E-state index in [1.165, 1.54) is 17.5 Å². The van der Waals surface area contributed by atoms with Gasteiger partial charge in [0.1, 0.15) is 5.52 Å². The van der Waals surface area contributed by atoms with Crippen molar-refractivity contribution in [2.24, 2.45) is 0 Å². The summed E-state index contributed by atoms with van der Waals surface area (Å²) >= 11 is 0. The molecule has 0 radical (unpaired) electrons. The average Bonchev–Trinajstić information content (AvgIpc) is 2.94. The van der Waals surface area contributed by atoms with Crippen molar-refractivity contribution >= 4 is 22.7 Å². The fraction of sp³-hybridized carbons (Fsp3) is 0.176. The van der Waals surface area contributed by atoms with Gasteiger partial charge in [-0.25, -0.2) is 4.98 Å². The molecule has 1 amide bonds. The van der Waals surface area contributed by atoms with E-state index in [1.54, 1.807) is 6.07 Å². The lowest BCUT2D eigenvalue weighted by Crippen LogP contribution is -2.12. The molecule has 3 aromatic rings. The number of benzene rings is 2. The standard InChI is InChI=1S/C17H16N2O2/c1-12-2-4-13(5-3-12)6-9-17(20)19-14-7-8-16-15(10-14)18-11-21-16/h2-5,7-8,10-11H,6,9H2,1H3,(H,19,20). The number of fused-ring (bicyclic) bond motifs is 1. The highest BCUT2D eigenvalue weighted by Crippen LogP contribution is 2.18. The first-order valence-electron chi connectivity index (χ1n) is 6.89. The van der Waals surface area contributed by atoms with Gasteiger partial charge in [-0.15, -0.1) is 0 Å². The third kappa shape index (κ3) is 3.28. The number of nitrogens with one attached hydrogen (secondary N) is 1. The van der Waals surface area contributed by atoms with Crippen LogP contribution < -0.4 is 5.32 Å². The van der Waals surface area contributed by atoms with Gasteiger partial charge in [0, 0.05) is 12.1 Å². The lowest BCUT2D eigenvalue weighted by Gasteiger charge is -2.05. The molecule has 0 bridgehead atoms. The molecular weight excluding hydrogens is 264 g/mol. The second-order valence-corrected chi connectivity index (χ2v) is 5.07.